The van der Waals surface area contributed by atoms with E-state index in [9.17, 15) is 9.59 Å². The number of pyridine rings is 1. The second-order valence-corrected chi connectivity index (χ2v) is 18.2. The van der Waals surface area contributed by atoms with E-state index < -0.39 is 11.7 Å². The molecule has 1 aromatic carbocycles. The van der Waals surface area contributed by atoms with Gasteiger partial charge in [0, 0.05) is 60.7 Å². The number of carbonyl (C=O) groups is 2. The molecule has 3 aliphatic rings. The molecule has 0 atom stereocenters. The molecule has 2 aliphatic carbocycles. The van der Waals surface area contributed by atoms with Crippen molar-refractivity contribution in [3.8, 4) is 5.75 Å². The van der Waals surface area contributed by atoms with E-state index in [4.69, 9.17) is 19.2 Å². The van der Waals surface area contributed by atoms with Gasteiger partial charge in [0.25, 0.3) is 0 Å². The van der Waals surface area contributed by atoms with Crippen LogP contribution in [0.25, 0.3) is 11.3 Å². The Morgan fingerprint density at radius 2 is 1.73 bits per heavy atom. The second-order valence-electron chi connectivity index (χ2n) is 18.2. The Bertz CT molecular complexity index is 1870. The molecule has 1 amide bonds. The number of anilines is 1. The monoisotopic (exact) mass is 816 g/mol. The Morgan fingerprint density at radius 3 is 2.31 bits per heavy atom. The highest BCUT2D eigenvalue weighted by molar-refractivity contribution is 5.87. The zero-order valence-electron chi connectivity index (χ0n) is 37.5. The zero-order chi connectivity index (χ0) is 43.4. The van der Waals surface area contributed by atoms with Gasteiger partial charge in [0.05, 0.1) is 6.61 Å². The Balaban J connectivity index is 0.000000870. The summed E-state index contributed by atoms with van der Waals surface area (Å²) in [5.41, 5.74) is 6.72. The highest BCUT2D eigenvalue weighted by atomic mass is 19.1. The summed E-state index contributed by atoms with van der Waals surface area (Å²) in [5.74, 6) is 1.26. The molecule has 0 unspecified atom stereocenters. The standard InChI is InChI=1S/C42H58FN5O3.C6H12O2/c1-8-10-18-42(9-2)19-14-34(15-20-42)48-37(31-12-11-13-31)32-23-30(24-33(43)25-32)26-45-39-35-17-22-50-38(35)36(27-46-39)28(3)16-21-44-29(4)47-40(49)51-41(5,6)7;1-5(7)8-6(2,3)4/h16,21,23-25,27,34,48H,4,8-15,17-20,22,26H2,1-3,5-7H3,(H,45,46)(H,47,49);1-4H3/b28-16+,44-21-;. The van der Waals surface area contributed by atoms with Crippen LogP contribution in [0.5, 0.6) is 5.75 Å². The third-order valence-corrected chi connectivity index (χ3v) is 11.0. The Kier molecular flexibility index (Phi) is 16.8. The lowest BCUT2D eigenvalue weighted by Crippen LogP contribution is -2.37. The van der Waals surface area contributed by atoms with Gasteiger partial charge in [-0.1, -0.05) is 39.7 Å². The van der Waals surface area contributed by atoms with Gasteiger partial charge in [0.15, 0.2) is 0 Å². The van der Waals surface area contributed by atoms with Crippen molar-refractivity contribution in [1.82, 2.24) is 15.6 Å². The van der Waals surface area contributed by atoms with E-state index in [0.717, 1.165) is 64.4 Å². The van der Waals surface area contributed by atoms with E-state index in [1.165, 1.54) is 70.3 Å². The first-order chi connectivity index (χ1) is 27.8. The van der Waals surface area contributed by atoms with E-state index >= 15 is 4.39 Å². The molecule has 10 nitrogen and oxygen atoms in total. The number of unbranched alkanes of at least 4 members (excludes halogenated alkanes) is 1. The van der Waals surface area contributed by atoms with E-state index in [2.05, 4.69) is 47.4 Å². The van der Waals surface area contributed by atoms with E-state index in [1.54, 1.807) is 45.3 Å². The molecule has 1 aliphatic heterocycles. The molecular formula is C48H70FN5O5. The number of aromatic nitrogens is 1. The summed E-state index contributed by atoms with van der Waals surface area (Å²) in [4.78, 5) is 31.2. The maximum Gasteiger partial charge on any atom is 0.413 e. The number of rotatable bonds is 14. The predicted molar refractivity (Wildman–Crippen MR) is 238 cm³/mol. The van der Waals surface area contributed by atoms with Crippen LogP contribution in [-0.2, 0) is 27.2 Å². The average molecular weight is 816 g/mol. The molecule has 324 valence electrons. The van der Waals surface area contributed by atoms with Crippen LogP contribution >= 0.6 is 0 Å². The molecule has 0 spiro atoms. The molecule has 59 heavy (non-hydrogen) atoms. The van der Waals surface area contributed by atoms with Gasteiger partial charge in [-0.25, -0.2) is 19.2 Å². The topological polar surface area (TPSA) is 123 Å². The number of ether oxygens (including phenoxy) is 3. The van der Waals surface area contributed by atoms with Crippen LogP contribution in [0.3, 0.4) is 0 Å². The van der Waals surface area contributed by atoms with Gasteiger partial charge in [-0.15, -0.1) is 0 Å². The van der Waals surface area contributed by atoms with Crippen molar-refractivity contribution in [1.29, 1.82) is 0 Å². The number of halogens is 1. The van der Waals surface area contributed by atoms with Crippen LogP contribution < -0.4 is 20.7 Å². The quantitative estimate of drug-likeness (QED) is 0.127. The van der Waals surface area contributed by atoms with Crippen molar-refractivity contribution in [2.75, 3.05) is 11.9 Å². The molecule has 0 bridgehead atoms. The summed E-state index contributed by atoms with van der Waals surface area (Å²) in [6.45, 7) is 23.7. The van der Waals surface area contributed by atoms with E-state index in [-0.39, 0.29) is 23.2 Å². The normalized spacial score (nSPS) is 19.1. The highest BCUT2D eigenvalue weighted by Crippen LogP contribution is 2.44. The Morgan fingerprint density at radius 1 is 1.03 bits per heavy atom. The number of fused-ring (bicyclic) bond motifs is 1. The number of hydrogen-bond donors (Lipinski definition) is 3. The molecule has 11 heteroatoms. The number of nitrogens with one attached hydrogen (secondary N) is 3. The fourth-order valence-corrected chi connectivity index (χ4v) is 7.82. The molecule has 5 rings (SSSR count). The first kappa shape index (κ1) is 47.0. The largest absolute Gasteiger partial charge is 0.492 e. The second kappa shape index (κ2) is 21.0. The summed E-state index contributed by atoms with van der Waals surface area (Å²) in [7, 11) is 0. The average Bonchev–Trinajstić information content (AvgIpc) is 3.61. The number of esters is 1. The first-order valence-electron chi connectivity index (χ1n) is 21.6. The van der Waals surface area contributed by atoms with Gasteiger partial charge in [-0.05, 0) is 146 Å². The number of aliphatic imine (C=N–C) groups is 1. The Hall–Kier alpha value is -4.67. The third kappa shape index (κ3) is 14.8. The number of allylic oxidation sites excluding steroid dienone is 3. The highest BCUT2D eigenvalue weighted by Gasteiger charge is 2.34. The van der Waals surface area contributed by atoms with Gasteiger partial charge in [0.2, 0.25) is 0 Å². The molecular weight excluding hydrogens is 746 g/mol. The first-order valence-corrected chi connectivity index (χ1v) is 21.6. The van der Waals surface area contributed by atoms with Gasteiger partial charge in [0.1, 0.15) is 34.4 Å². The maximum atomic E-state index is 15.2. The molecule has 2 aromatic rings. The summed E-state index contributed by atoms with van der Waals surface area (Å²) < 4.78 is 31.3. The van der Waals surface area contributed by atoms with Gasteiger partial charge in [-0.2, -0.15) is 0 Å². The van der Waals surface area contributed by atoms with E-state index in [1.807, 2.05) is 33.8 Å². The molecule has 1 aromatic heterocycles. The molecule has 2 saturated carbocycles. The number of nitrogens with zero attached hydrogens (tertiary/aromatic N) is 2. The molecule has 2 fully saturated rings. The lowest BCUT2D eigenvalue weighted by molar-refractivity contribution is -0.151. The van der Waals surface area contributed by atoms with Crippen molar-refractivity contribution in [3.63, 3.8) is 0 Å². The molecule has 0 radical (unpaired) electrons. The fraction of sp³-hybridized carbons (Fsp3) is 0.583. The molecule has 2 heterocycles. The summed E-state index contributed by atoms with van der Waals surface area (Å²) in [6.07, 6.45) is 18.7. The van der Waals surface area contributed by atoms with Gasteiger partial charge in [-0.3, -0.25) is 10.1 Å². The van der Waals surface area contributed by atoms with Crippen molar-refractivity contribution >= 4 is 35.4 Å². The summed E-state index contributed by atoms with van der Waals surface area (Å²) in [5, 5.41) is 9.93. The summed E-state index contributed by atoms with van der Waals surface area (Å²) in [6, 6.07) is 5.87. The molecule has 0 saturated heterocycles. The number of benzene rings is 1. The number of alkyl carbamates (subject to hydrolysis) is 1. The van der Waals surface area contributed by atoms with Crippen LogP contribution in [0.1, 0.15) is 162 Å². The lowest BCUT2D eigenvalue weighted by Gasteiger charge is -2.41. The summed E-state index contributed by atoms with van der Waals surface area (Å²) >= 11 is 0. The minimum atomic E-state index is -0.613. The zero-order valence-corrected chi connectivity index (χ0v) is 37.5. The third-order valence-electron chi connectivity index (χ3n) is 11.0. The molecule has 3 N–H and O–H groups in total. The number of amides is 1. The van der Waals surface area contributed by atoms with Crippen molar-refractivity contribution < 1.29 is 28.2 Å². The van der Waals surface area contributed by atoms with E-state index in [0.29, 0.717) is 24.6 Å². The van der Waals surface area contributed by atoms with Crippen LogP contribution in [0.2, 0.25) is 0 Å². The van der Waals surface area contributed by atoms with Gasteiger partial charge >= 0.3 is 12.1 Å². The smallest absolute Gasteiger partial charge is 0.413 e. The van der Waals surface area contributed by atoms with Gasteiger partial charge < -0.3 is 24.8 Å². The fourth-order valence-electron chi connectivity index (χ4n) is 7.82. The number of carbonyl (C=O) groups excluding carboxylic acids is 2. The predicted octanol–water partition coefficient (Wildman–Crippen LogP) is 11.6. The Labute approximate surface area is 353 Å². The lowest BCUT2D eigenvalue weighted by atomic mass is 9.68. The SMILES string of the molecule is C=C(/N=C\C=C(/C)c1cnc(NCc2cc(F)cc(C(NC3CCC(CC)(CCCC)CC3)=C3CCC3)c2)c2c1OCC2)NC(=O)OC(C)(C)C.CC(=O)OC(C)(C)C. The van der Waals surface area contributed by atoms with Crippen molar-refractivity contribution in [2.45, 2.75) is 170 Å². The van der Waals surface area contributed by atoms with Crippen LogP contribution in [0.15, 0.2) is 53.4 Å². The number of hydrogen-bond acceptors (Lipinski definition) is 9. The van der Waals surface area contributed by atoms with Crippen LogP contribution in [0, 0.1) is 11.2 Å². The minimum Gasteiger partial charge on any atom is -0.492 e. The minimum absolute atomic E-state index is 0.176. The van der Waals surface area contributed by atoms with Crippen LogP contribution in [0.4, 0.5) is 15.0 Å². The van der Waals surface area contributed by atoms with Crippen LogP contribution in [-0.4, -0.2) is 47.1 Å². The maximum absolute atomic E-state index is 15.2. The van der Waals surface area contributed by atoms with Crippen molar-refractivity contribution in [2.24, 2.45) is 10.4 Å². The van der Waals surface area contributed by atoms with Crippen molar-refractivity contribution in [3.05, 3.63) is 76.5 Å².